The molecule has 1 aromatic carbocycles. The van der Waals surface area contributed by atoms with Crippen LogP contribution in [0.2, 0.25) is 0 Å². The van der Waals surface area contributed by atoms with Crippen LogP contribution in [-0.2, 0) is 0 Å². The van der Waals surface area contributed by atoms with Crippen molar-refractivity contribution in [2.75, 3.05) is 28.4 Å². The molecule has 0 heterocycles. The fraction of sp³-hybridized carbons (Fsp3) is 0.650. The van der Waals surface area contributed by atoms with E-state index in [1.54, 1.807) is 21.3 Å². The quantitative estimate of drug-likeness (QED) is 0.767. The van der Waals surface area contributed by atoms with Gasteiger partial charge in [0.25, 0.3) is 0 Å². The van der Waals surface area contributed by atoms with E-state index in [0.717, 1.165) is 5.56 Å². The van der Waals surface area contributed by atoms with Gasteiger partial charge in [0, 0.05) is 13.1 Å². The zero-order valence-corrected chi connectivity index (χ0v) is 16.4. The normalized spacial score (nSPS) is 17.6. The monoisotopic (exact) mass is 362 g/mol. The number of urea groups is 1. The van der Waals surface area contributed by atoms with Gasteiger partial charge in [0.1, 0.15) is 0 Å². The van der Waals surface area contributed by atoms with Crippen molar-refractivity contribution in [3.05, 3.63) is 17.7 Å². The molecule has 2 saturated carbocycles. The number of methoxy groups -OCH3 is 3. The second-order valence-corrected chi connectivity index (χ2v) is 7.41. The van der Waals surface area contributed by atoms with Crippen molar-refractivity contribution in [1.82, 2.24) is 10.2 Å². The first-order valence-corrected chi connectivity index (χ1v) is 9.33. The summed E-state index contributed by atoms with van der Waals surface area (Å²) in [6, 6.07) is 3.96. The summed E-state index contributed by atoms with van der Waals surface area (Å²) in [5.74, 6) is 3.11. The first-order valence-electron chi connectivity index (χ1n) is 9.33. The third kappa shape index (κ3) is 3.84. The molecule has 0 saturated heterocycles. The Bertz CT molecular complexity index is 618. The molecule has 0 bridgehead atoms. The molecule has 2 fully saturated rings. The predicted octanol–water partition coefficient (Wildman–Crippen LogP) is 3.60. The molecule has 2 aliphatic carbocycles. The molecular weight excluding hydrogens is 332 g/mol. The highest BCUT2D eigenvalue weighted by Gasteiger charge is 2.45. The number of rotatable bonds is 8. The molecule has 1 atom stereocenters. The van der Waals surface area contributed by atoms with Crippen LogP contribution in [-0.4, -0.2) is 45.3 Å². The molecular formula is C20H30N2O4. The van der Waals surface area contributed by atoms with Crippen LogP contribution in [0.4, 0.5) is 4.79 Å². The molecule has 3 rings (SSSR count). The van der Waals surface area contributed by atoms with Crippen molar-refractivity contribution in [3.8, 4) is 17.2 Å². The van der Waals surface area contributed by atoms with E-state index in [2.05, 4.69) is 5.32 Å². The van der Waals surface area contributed by atoms with Crippen molar-refractivity contribution in [1.29, 1.82) is 0 Å². The average molecular weight is 362 g/mol. The van der Waals surface area contributed by atoms with E-state index in [-0.39, 0.29) is 12.1 Å². The lowest BCUT2D eigenvalue weighted by Crippen LogP contribution is -2.46. The number of ether oxygens (including phenoxy) is 3. The molecule has 2 aliphatic rings. The molecule has 6 heteroatoms. The van der Waals surface area contributed by atoms with Crippen LogP contribution in [0.15, 0.2) is 12.1 Å². The van der Waals surface area contributed by atoms with Crippen LogP contribution >= 0.6 is 0 Å². The third-order valence-electron chi connectivity index (χ3n) is 5.50. The second-order valence-electron chi connectivity index (χ2n) is 7.41. The minimum atomic E-state index is -0.169. The summed E-state index contributed by atoms with van der Waals surface area (Å²) < 4.78 is 16.2. The van der Waals surface area contributed by atoms with Gasteiger partial charge in [-0.1, -0.05) is 0 Å². The molecule has 0 radical (unpaired) electrons. The number of benzene rings is 1. The van der Waals surface area contributed by atoms with Gasteiger partial charge >= 0.3 is 6.03 Å². The van der Waals surface area contributed by atoms with E-state index in [1.807, 2.05) is 31.0 Å². The lowest BCUT2D eigenvalue weighted by atomic mass is 10.1. The van der Waals surface area contributed by atoms with E-state index in [9.17, 15) is 4.79 Å². The van der Waals surface area contributed by atoms with Gasteiger partial charge in [-0.25, -0.2) is 4.79 Å². The lowest BCUT2D eigenvalue weighted by molar-refractivity contribution is 0.171. The Morgan fingerprint density at radius 1 is 1.04 bits per heavy atom. The van der Waals surface area contributed by atoms with Gasteiger partial charge in [-0.2, -0.15) is 0 Å². The minimum absolute atomic E-state index is 0.0185. The molecule has 26 heavy (non-hydrogen) atoms. The van der Waals surface area contributed by atoms with E-state index in [4.69, 9.17) is 14.2 Å². The highest BCUT2D eigenvalue weighted by atomic mass is 16.5. The Hall–Kier alpha value is -2.11. The maximum atomic E-state index is 12.8. The standard InChI is InChI=1S/C20H30N2O4/c1-12(15-10-16(24-3)19(26-5)17(11-15)25-4)21-20(23)22(2)18(13-6-7-13)14-8-9-14/h10-14,18H,6-9H2,1-5H3,(H,21,23)/t12-/m0/s1. The third-order valence-corrected chi connectivity index (χ3v) is 5.50. The number of carbonyl (C=O) groups is 1. The topological polar surface area (TPSA) is 60.0 Å². The van der Waals surface area contributed by atoms with Gasteiger partial charge in [0.05, 0.1) is 27.4 Å². The summed E-state index contributed by atoms with van der Waals surface area (Å²) in [5.41, 5.74) is 0.913. The average Bonchev–Trinajstić information content (AvgIpc) is 3.55. The van der Waals surface area contributed by atoms with Gasteiger partial charge in [-0.05, 0) is 62.1 Å². The predicted molar refractivity (Wildman–Crippen MR) is 100 cm³/mol. The fourth-order valence-corrected chi connectivity index (χ4v) is 3.75. The SMILES string of the molecule is COc1cc([C@H](C)NC(=O)N(C)C(C2CC2)C2CC2)cc(OC)c1OC. The van der Waals surface area contributed by atoms with Crippen LogP contribution in [0.5, 0.6) is 17.2 Å². The zero-order chi connectivity index (χ0) is 18.8. The van der Waals surface area contributed by atoms with Crippen LogP contribution in [0.3, 0.4) is 0 Å². The minimum Gasteiger partial charge on any atom is -0.493 e. The molecule has 1 aromatic rings. The molecule has 1 N–H and O–H groups in total. The van der Waals surface area contributed by atoms with Gasteiger partial charge in [-0.3, -0.25) is 0 Å². The maximum Gasteiger partial charge on any atom is 0.317 e. The Kier molecular flexibility index (Phi) is 5.49. The van der Waals surface area contributed by atoms with Crippen molar-refractivity contribution in [2.45, 2.75) is 44.7 Å². The van der Waals surface area contributed by atoms with E-state index in [0.29, 0.717) is 35.1 Å². The van der Waals surface area contributed by atoms with E-state index >= 15 is 0 Å². The number of nitrogens with zero attached hydrogens (tertiary/aromatic N) is 1. The van der Waals surface area contributed by atoms with Crippen molar-refractivity contribution < 1.29 is 19.0 Å². The molecule has 0 aliphatic heterocycles. The Morgan fingerprint density at radius 2 is 1.54 bits per heavy atom. The summed E-state index contributed by atoms with van der Waals surface area (Å²) in [5, 5.41) is 3.12. The molecule has 6 nitrogen and oxygen atoms in total. The van der Waals surface area contributed by atoms with Gasteiger partial charge in [-0.15, -0.1) is 0 Å². The van der Waals surface area contributed by atoms with E-state index in [1.165, 1.54) is 25.7 Å². The summed E-state index contributed by atoms with van der Waals surface area (Å²) >= 11 is 0. The highest BCUT2D eigenvalue weighted by Crippen LogP contribution is 2.47. The molecule has 144 valence electrons. The van der Waals surface area contributed by atoms with Gasteiger partial charge in [0.15, 0.2) is 11.5 Å². The van der Waals surface area contributed by atoms with Crippen LogP contribution in [0.1, 0.15) is 44.2 Å². The zero-order valence-electron chi connectivity index (χ0n) is 16.4. The summed E-state index contributed by atoms with van der Waals surface area (Å²) in [4.78, 5) is 14.7. The van der Waals surface area contributed by atoms with Gasteiger partial charge in [0.2, 0.25) is 5.75 Å². The molecule has 2 amide bonds. The highest BCUT2D eigenvalue weighted by molar-refractivity contribution is 5.75. The Balaban J connectivity index is 1.72. The maximum absolute atomic E-state index is 12.8. The van der Waals surface area contributed by atoms with Crippen molar-refractivity contribution >= 4 is 6.03 Å². The first-order chi connectivity index (χ1) is 12.5. The molecule has 0 spiro atoms. The smallest absolute Gasteiger partial charge is 0.317 e. The molecule has 0 unspecified atom stereocenters. The number of nitrogens with one attached hydrogen (secondary N) is 1. The number of hydrogen-bond acceptors (Lipinski definition) is 4. The second kappa shape index (κ2) is 7.64. The van der Waals surface area contributed by atoms with Gasteiger partial charge < -0.3 is 24.4 Å². The van der Waals surface area contributed by atoms with E-state index < -0.39 is 0 Å². The summed E-state index contributed by atoms with van der Waals surface area (Å²) in [7, 11) is 6.69. The Labute approximate surface area is 155 Å². The fourth-order valence-electron chi connectivity index (χ4n) is 3.75. The molecule has 0 aromatic heterocycles. The first kappa shape index (κ1) is 18.7. The number of carbonyl (C=O) groups excluding carboxylic acids is 1. The van der Waals surface area contributed by atoms with Crippen LogP contribution in [0.25, 0.3) is 0 Å². The lowest BCUT2D eigenvalue weighted by Gasteiger charge is -2.30. The van der Waals surface area contributed by atoms with Crippen molar-refractivity contribution in [3.63, 3.8) is 0 Å². The number of amides is 2. The van der Waals surface area contributed by atoms with Crippen LogP contribution < -0.4 is 19.5 Å². The largest absolute Gasteiger partial charge is 0.493 e. The number of hydrogen-bond donors (Lipinski definition) is 1. The van der Waals surface area contributed by atoms with Crippen LogP contribution in [0, 0.1) is 11.8 Å². The van der Waals surface area contributed by atoms with Crippen molar-refractivity contribution in [2.24, 2.45) is 11.8 Å². The summed E-state index contributed by atoms with van der Waals surface area (Å²) in [6.45, 7) is 1.97. The summed E-state index contributed by atoms with van der Waals surface area (Å²) in [6.07, 6.45) is 5.00. The Morgan fingerprint density at radius 3 is 1.92 bits per heavy atom.